The minimum Gasteiger partial charge on any atom is -0.470 e. The Labute approximate surface area is 190 Å². The number of nitrogens with zero attached hydrogens (tertiary/aromatic N) is 5. The third-order valence-electron chi connectivity index (χ3n) is 5.93. The molecular formula is C22H27F2N7O2. The van der Waals surface area contributed by atoms with Gasteiger partial charge < -0.3 is 20.3 Å². The van der Waals surface area contributed by atoms with Crippen molar-refractivity contribution in [3.63, 3.8) is 0 Å². The molecule has 1 aromatic heterocycles. The molecule has 1 amide bonds. The van der Waals surface area contributed by atoms with Gasteiger partial charge in [0, 0.05) is 36.5 Å². The van der Waals surface area contributed by atoms with Gasteiger partial charge in [-0.1, -0.05) is 12.1 Å². The SMILES string of the molecule is C/C(N)=C(\COc1ccc(N2CC(=O)N3CCCC3C2)nn1)N(N)c1ccc(C(F)F)cc1. The summed E-state index contributed by atoms with van der Waals surface area (Å²) in [6, 6.07) is 9.27. The first-order valence-electron chi connectivity index (χ1n) is 10.7. The monoisotopic (exact) mass is 459 g/mol. The van der Waals surface area contributed by atoms with Crippen LogP contribution < -0.4 is 26.2 Å². The number of hydrazine groups is 1. The van der Waals surface area contributed by atoms with E-state index < -0.39 is 6.43 Å². The maximum absolute atomic E-state index is 12.8. The molecule has 2 saturated heterocycles. The van der Waals surface area contributed by atoms with Gasteiger partial charge >= 0.3 is 0 Å². The fraction of sp³-hybridized carbons (Fsp3) is 0.409. The van der Waals surface area contributed by atoms with E-state index in [2.05, 4.69) is 10.2 Å². The Hall–Kier alpha value is -3.47. The van der Waals surface area contributed by atoms with E-state index in [0.717, 1.165) is 25.9 Å². The highest BCUT2D eigenvalue weighted by Gasteiger charge is 2.36. The zero-order valence-corrected chi connectivity index (χ0v) is 18.3. The van der Waals surface area contributed by atoms with Gasteiger partial charge in [-0.25, -0.2) is 14.6 Å². The molecule has 9 nitrogen and oxygen atoms in total. The Morgan fingerprint density at radius 1 is 1.24 bits per heavy atom. The van der Waals surface area contributed by atoms with Gasteiger partial charge in [0.05, 0.1) is 17.9 Å². The molecule has 1 atom stereocenters. The smallest absolute Gasteiger partial charge is 0.263 e. The fourth-order valence-electron chi connectivity index (χ4n) is 4.11. The number of anilines is 2. The Bertz CT molecular complexity index is 1010. The molecular weight excluding hydrogens is 432 g/mol. The van der Waals surface area contributed by atoms with E-state index in [1.165, 1.54) is 29.3 Å². The maximum Gasteiger partial charge on any atom is 0.263 e. The van der Waals surface area contributed by atoms with Gasteiger partial charge in [0.25, 0.3) is 6.43 Å². The molecule has 0 bridgehead atoms. The molecule has 4 rings (SSSR count). The zero-order chi connectivity index (χ0) is 23.5. The van der Waals surface area contributed by atoms with Crippen molar-refractivity contribution in [3.8, 4) is 5.88 Å². The number of aromatic nitrogens is 2. The number of hydrogen-bond acceptors (Lipinski definition) is 8. The van der Waals surface area contributed by atoms with Gasteiger partial charge in [-0.2, -0.15) is 0 Å². The van der Waals surface area contributed by atoms with Crippen molar-refractivity contribution in [2.24, 2.45) is 11.6 Å². The van der Waals surface area contributed by atoms with Gasteiger partial charge in [-0.05, 0) is 38.0 Å². The van der Waals surface area contributed by atoms with E-state index >= 15 is 0 Å². The molecule has 2 fully saturated rings. The summed E-state index contributed by atoms with van der Waals surface area (Å²) in [5.41, 5.74) is 7.23. The van der Waals surface area contributed by atoms with Crippen molar-refractivity contribution in [1.29, 1.82) is 0 Å². The summed E-state index contributed by atoms with van der Waals surface area (Å²) >= 11 is 0. The maximum atomic E-state index is 12.8. The van der Waals surface area contributed by atoms with Gasteiger partial charge in [0.1, 0.15) is 6.61 Å². The van der Waals surface area contributed by atoms with Gasteiger partial charge in [0.15, 0.2) is 5.82 Å². The highest BCUT2D eigenvalue weighted by molar-refractivity contribution is 5.83. The standard InChI is InChI=1S/C22H27F2N7O2/c1-14(25)18(31(26)16-6-4-15(5-7-16)22(23)24)13-33-20-9-8-19(27-28-20)29-11-17-3-2-10-30(17)21(32)12-29/h4-9,17,22H,2-3,10-13,25-26H2,1H3/b18-14-. The second-order valence-corrected chi connectivity index (χ2v) is 8.17. The van der Waals surface area contributed by atoms with Crippen molar-refractivity contribution < 1.29 is 18.3 Å². The van der Waals surface area contributed by atoms with Crippen LogP contribution in [0.4, 0.5) is 20.3 Å². The third kappa shape index (κ3) is 4.98. The van der Waals surface area contributed by atoms with Crippen LogP contribution in [-0.4, -0.2) is 53.3 Å². The van der Waals surface area contributed by atoms with Gasteiger partial charge in [-0.3, -0.25) is 9.80 Å². The van der Waals surface area contributed by atoms with Gasteiger partial charge in [0.2, 0.25) is 11.8 Å². The molecule has 1 unspecified atom stereocenters. The highest BCUT2D eigenvalue weighted by atomic mass is 19.3. The van der Waals surface area contributed by atoms with Crippen molar-refractivity contribution in [2.45, 2.75) is 32.2 Å². The molecule has 2 aliphatic rings. The topological polar surface area (TPSA) is 114 Å². The molecule has 1 aromatic carbocycles. The van der Waals surface area contributed by atoms with Crippen LogP contribution >= 0.6 is 0 Å². The first-order valence-corrected chi connectivity index (χ1v) is 10.7. The number of ether oxygens (including phenoxy) is 1. The number of benzene rings is 1. The number of rotatable bonds is 7. The van der Waals surface area contributed by atoms with E-state index in [1.54, 1.807) is 19.1 Å². The lowest BCUT2D eigenvalue weighted by Gasteiger charge is -2.37. The molecule has 0 saturated carbocycles. The highest BCUT2D eigenvalue weighted by Crippen LogP contribution is 2.26. The van der Waals surface area contributed by atoms with Crippen LogP contribution in [-0.2, 0) is 4.79 Å². The lowest BCUT2D eigenvalue weighted by Crippen LogP contribution is -2.54. The number of carbonyl (C=O) groups excluding carboxylic acids is 1. The summed E-state index contributed by atoms with van der Waals surface area (Å²) in [6.07, 6.45) is -0.514. The molecule has 0 spiro atoms. The number of amides is 1. The minimum absolute atomic E-state index is 0.00267. The Balaban J connectivity index is 1.39. The van der Waals surface area contributed by atoms with E-state index in [4.69, 9.17) is 16.3 Å². The Morgan fingerprint density at radius 3 is 2.64 bits per heavy atom. The predicted molar refractivity (Wildman–Crippen MR) is 119 cm³/mol. The summed E-state index contributed by atoms with van der Waals surface area (Å²) in [5.74, 6) is 7.16. The molecule has 2 aliphatic heterocycles. The first-order chi connectivity index (χ1) is 15.8. The van der Waals surface area contributed by atoms with Crippen molar-refractivity contribution in [2.75, 3.05) is 36.1 Å². The molecule has 2 aromatic rings. The van der Waals surface area contributed by atoms with Crippen LogP contribution in [0.25, 0.3) is 0 Å². The van der Waals surface area contributed by atoms with Crippen LogP contribution in [0.2, 0.25) is 0 Å². The van der Waals surface area contributed by atoms with E-state index in [0.29, 0.717) is 22.9 Å². The number of nitrogens with two attached hydrogens (primary N) is 2. The lowest BCUT2D eigenvalue weighted by molar-refractivity contribution is -0.131. The number of fused-ring (bicyclic) bond motifs is 1. The largest absolute Gasteiger partial charge is 0.470 e. The van der Waals surface area contributed by atoms with Gasteiger partial charge in [-0.15, -0.1) is 10.2 Å². The van der Waals surface area contributed by atoms with E-state index in [9.17, 15) is 13.6 Å². The van der Waals surface area contributed by atoms with E-state index in [1.807, 2.05) is 9.80 Å². The number of hydrogen-bond donors (Lipinski definition) is 2. The average molecular weight is 460 g/mol. The number of carbonyl (C=O) groups is 1. The molecule has 3 heterocycles. The molecule has 0 aliphatic carbocycles. The summed E-state index contributed by atoms with van der Waals surface area (Å²) in [4.78, 5) is 16.2. The van der Waals surface area contributed by atoms with Crippen molar-refractivity contribution in [3.05, 3.63) is 53.4 Å². The molecule has 33 heavy (non-hydrogen) atoms. The summed E-state index contributed by atoms with van der Waals surface area (Å²) < 4.78 is 31.3. The summed E-state index contributed by atoms with van der Waals surface area (Å²) in [7, 11) is 0. The van der Waals surface area contributed by atoms with Crippen LogP contribution in [0, 0.1) is 0 Å². The molecule has 11 heteroatoms. The zero-order valence-electron chi connectivity index (χ0n) is 18.3. The van der Waals surface area contributed by atoms with Crippen LogP contribution in [0.5, 0.6) is 5.88 Å². The van der Waals surface area contributed by atoms with Crippen molar-refractivity contribution >= 4 is 17.4 Å². The average Bonchev–Trinajstić information content (AvgIpc) is 3.29. The van der Waals surface area contributed by atoms with Crippen LogP contribution in [0.15, 0.2) is 47.8 Å². The van der Waals surface area contributed by atoms with Crippen LogP contribution in [0.1, 0.15) is 31.8 Å². The Morgan fingerprint density at radius 2 is 2.00 bits per heavy atom. The molecule has 4 N–H and O–H groups in total. The molecule has 0 radical (unpaired) electrons. The number of allylic oxidation sites excluding steroid dienone is 1. The predicted octanol–water partition coefficient (Wildman–Crippen LogP) is 2.17. The van der Waals surface area contributed by atoms with Crippen molar-refractivity contribution in [1.82, 2.24) is 15.1 Å². The summed E-state index contributed by atoms with van der Waals surface area (Å²) in [5, 5.41) is 9.62. The summed E-state index contributed by atoms with van der Waals surface area (Å²) in [6.45, 7) is 3.54. The molecule has 176 valence electrons. The Kier molecular flexibility index (Phi) is 6.59. The fourth-order valence-corrected chi connectivity index (χ4v) is 4.11. The second kappa shape index (κ2) is 9.57. The number of halogens is 2. The third-order valence-corrected chi connectivity index (χ3v) is 5.93. The lowest BCUT2D eigenvalue weighted by atomic mass is 10.1. The van der Waals surface area contributed by atoms with E-state index in [-0.39, 0.29) is 36.5 Å². The number of piperazine rings is 1. The normalized spacial score (nSPS) is 18.9. The quantitative estimate of drug-likeness (QED) is 0.478. The second-order valence-electron chi connectivity index (χ2n) is 8.17. The van der Waals surface area contributed by atoms with Crippen LogP contribution in [0.3, 0.4) is 0 Å². The first kappa shape index (κ1) is 22.7. The number of alkyl halides is 2. The minimum atomic E-state index is -2.55.